The Morgan fingerprint density at radius 2 is 1.72 bits per heavy atom. The normalized spacial score (nSPS) is 10.7. The molecule has 0 bridgehead atoms. The number of nitrogens with zero attached hydrogens (tertiary/aromatic N) is 2. The molecule has 0 saturated heterocycles. The molecule has 18 heavy (non-hydrogen) atoms. The number of fused-ring (bicyclic) bond motifs is 1. The molecule has 90 valence electrons. The summed E-state index contributed by atoms with van der Waals surface area (Å²) in [5.41, 5.74) is 6.85. The van der Waals surface area contributed by atoms with Gasteiger partial charge in [0.1, 0.15) is 6.33 Å². The zero-order valence-electron chi connectivity index (χ0n) is 10.1. The van der Waals surface area contributed by atoms with E-state index in [1.54, 1.807) is 0 Å². The largest absolute Gasteiger partial charge is 0.324 e. The number of aromatic nitrogens is 2. The van der Waals surface area contributed by atoms with Crippen molar-refractivity contribution in [2.75, 3.05) is 12.0 Å². The molecule has 0 amide bonds. The summed E-state index contributed by atoms with van der Waals surface area (Å²) in [5.74, 6) is 0. The lowest BCUT2D eigenvalue weighted by Crippen LogP contribution is -2.16. The van der Waals surface area contributed by atoms with Crippen LogP contribution in [-0.2, 0) is 6.42 Å². The van der Waals surface area contributed by atoms with E-state index in [1.807, 2.05) is 35.3 Å². The predicted octanol–water partition coefficient (Wildman–Crippen LogP) is 2.82. The highest BCUT2D eigenvalue weighted by Gasteiger charge is 1.99. The van der Waals surface area contributed by atoms with E-state index in [9.17, 15) is 0 Å². The first-order valence-corrected chi connectivity index (χ1v) is 6.13. The summed E-state index contributed by atoms with van der Waals surface area (Å²) >= 11 is 0. The minimum absolute atomic E-state index is 0.893. The van der Waals surface area contributed by atoms with Crippen molar-refractivity contribution in [3.8, 4) is 0 Å². The van der Waals surface area contributed by atoms with Crippen molar-refractivity contribution >= 4 is 11.0 Å². The van der Waals surface area contributed by atoms with Crippen molar-refractivity contribution in [1.82, 2.24) is 9.66 Å². The molecular formula is C15H15N3. The van der Waals surface area contributed by atoms with Gasteiger partial charge in [-0.2, -0.15) is 0 Å². The van der Waals surface area contributed by atoms with Crippen LogP contribution in [0.5, 0.6) is 0 Å². The Labute approximate surface area is 106 Å². The van der Waals surface area contributed by atoms with Gasteiger partial charge in [-0.15, -0.1) is 0 Å². The Kier molecular flexibility index (Phi) is 2.96. The zero-order chi connectivity index (χ0) is 12.2. The fourth-order valence-electron chi connectivity index (χ4n) is 2.05. The van der Waals surface area contributed by atoms with Gasteiger partial charge in [0.05, 0.1) is 11.0 Å². The third kappa shape index (κ3) is 2.20. The number of hydrogen-bond donors (Lipinski definition) is 1. The average molecular weight is 237 g/mol. The van der Waals surface area contributed by atoms with Gasteiger partial charge in [-0.3, -0.25) is 0 Å². The van der Waals surface area contributed by atoms with E-state index in [0.29, 0.717) is 0 Å². The second-order valence-corrected chi connectivity index (χ2v) is 4.25. The van der Waals surface area contributed by atoms with Gasteiger partial charge in [0.15, 0.2) is 0 Å². The van der Waals surface area contributed by atoms with Gasteiger partial charge >= 0.3 is 0 Å². The van der Waals surface area contributed by atoms with Crippen molar-refractivity contribution in [3.05, 3.63) is 66.5 Å². The molecule has 3 nitrogen and oxygen atoms in total. The van der Waals surface area contributed by atoms with E-state index in [1.165, 1.54) is 5.56 Å². The molecule has 0 spiro atoms. The third-order valence-electron chi connectivity index (χ3n) is 2.99. The monoisotopic (exact) mass is 237 g/mol. The molecule has 0 aliphatic heterocycles. The van der Waals surface area contributed by atoms with E-state index < -0.39 is 0 Å². The van der Waals surface area contributed by atoms with Gasteiger partial charge in [-0.05, 0) is 24.1 Å². The minimum Gasteiger partial charge on any atom is -0.324 e. The lowest BCUT2D eigenvalue weighted by Gasteiger charge is -2.08. The summed E-state index contributed by atoms with van der Waals surface area (Å²) < 4.78 is 1.98. The fraction of sp³-hybridized carbons (Fsp3) is 0.133. The van der Waals surface area contributed by atoms with Crippen LogP contribution < -0.4 is 5.43 Å². The standard InChI is InChI=1S/C15H15N3/c1-2-6-13(7-3-1)10-11-17-18-12-16-14-8-4-5-9-15(14)18/h1-9,12,17H,10-11H2. The summed E-state index contributed by atoms with van der Waals surface area (Å²) in [5, 5.41) is 0. The molecule has 3 aromatic rings. The fourth-order valence-corrected chi connectivity index (χ4v) is 2.05. The Bertz CT molecular complexity index is 628. The van der Waals surface area contributed by atoms with Crippen molar-refractivity contribution < 1.29 is 0 Å². The van der Waals surface area contributed by atoms with Crippen LogP contribution in [0.1, 0.15) is 5.56 Å². The van der Waals surface area contributed by atoms with Crippen LogP contribution in [0.2, 0.25) is 0 Å². The van der Waals surface area contributed by atoms with Crippen molar-refractivity contribution in [3.63, 3.8) is 0 Å². The number of rotatable bonds is 4. The number of nitrogens with one attached hydrogen (secondary N) is 1. The average Bonchev–Trinajstić information content (AvgIpc) is 2.84. The molecule has 1 heterocycles. The van der Waals surface area contributed by atoms with E-state index in [4.69, 9.17) is 0 Å². The first-order valence-electron chi connectivity index (χ1n) is 6.13. The van der Waals surface area contributed by atoms with Gasteiger partial charge in [0.2, 0.25) is 0 Å². The zero-order valence-corrected chi connectivity index (χ0v) is 10.1. The minimum atomic E-state index is 0.893. The highest BCUT2D eigenvalue weighted by molar-refractivity contribution is 5.75. The summed E-state index contributed by atoms with van der Waals surface area (Å²) in [4.78, 5) is 4.34. The van der Waals surface area contributed by atoms with Crippen LogP contribution in [-0.4, -0.2) is 16.2 Å². The summed E-state index contributed by atoms with van der Waals surface area (Å²) in [7, 11) is 0. The Balaban J connectivity index is 1.67. The maximum absolute atomic E-state index is 4.34. The van der Waals surface area contributed by atoms with Gasteiger partial charge < -0.3 is 5.43 Å². The highest BCUT2D eigenvalue weighted by atomic mass is 15.4. The van der Waals surface area contributed by atoms with Crippen LogP contribution in [0.15, 0.2) is 60.9 Å². The lowest BCUT2D eigenvalue weighted by atomic mass is 10.2. The molecule has 0 aliphatic carbocycles. The number of benzene rings is 2. The quantitative estimate of drug-likeness (QED) is 0.756. The number of para-hydroxylation sites is 2. The van der Waals surface area contributed by atoms with E-state index in [-0.39, 0.29) is 0 Å². The Hall–Kier alpha value is -2.29. The van der Waals surface area contributed by atoms with Crippen LogP contribution in [0.4, 0.5) is 0 Å². The molecule has 0 aliphatic rings. The molecule has 0 atom stereocenters. The van der Waals surface area contributed by atoms with E-state index in [2.05, 4.69) is 40.7 Å². The molecule has 0 unspecified atom stereocenters. The second kappa shape index (κ2) is 4.92. The van der Waals surface area contributed by atoms with Crippen molar-refractivity contribution in [2.24, 2.45) is 0 Å². The molecule has 1 N–H and O–H groups in total. The summed E-state index contributed by atoms with van der Waals surface area (Å²) in [6.07, 6.45) is 2.84. The van der Waals surface area contributed by atoms with Gasteiger partial charge in [0.25, 0.3) is 0 Å². The molecule has 3 rings (SSSR count). The SMILES string of the molecule is c1ccc(CCNn2cnc3ccccc32)cc1. The molecule has 0 fully saturated rings. The van der Waals surface area contributed by atoms with Crippen molar-refractivity contribution in [2.45, 2.75) is 6.42 Å². The van der Waals surface area contributed by atoms with Crippen LogP contribution in [0.3, 0.4) is 0 Å². The van der Waals surface area contributed by atoms with Crippen LogP contribution in [0, 0.1) is 0 Å². The summed E-state index contributed by atoms with van der Waals surface area (Å²) in [6.45, 7) is 0.893. The smallest absolute Gasteiger partial charge is 0.115 e. The molecule has 0 radical (unpaired) electrons. The summed E-state index contributed by atoms with van der Waals surface area (Å²) in [6, 6.07) is 18.6. The van der Waals surface area contributed by atoms with Crippen LogP contribution in [0.25, 0.3) is 11.0 Å². The van der Waals surface area contributed by atoms with Gasteiger partial charge in [0, 0.05) is 6.54 Å². The highest BCUT2D eigenvalue weighted by Crippen LogP contribution is 2.09. The first-order chi connectivity index (χ1) is 8.93. The van der Waals surface area contributed by atoms with E-state index in [0.717, 1.165) is 24.0 Å². The third-order valence-corrected chi connectivity index (χ3v) is 2.99. The predicted molar refractivity (Wildman–Crippen MR) is 74.1 cm³/mol. The lowest BCUT2D eigenvalue weighted by molar-refractivity contribution is 0.840. The van der Waals surface area contributed by atoms with Crippen LogP contribution >= 0.6 is 0 Å². The van der Waals surface area contributed by atoms with E-state index >= 15 is 0 Å². The molecular weight excluding hydrogens is 222 g/mol. The van der Waals surface area contributed by atoms with Crippen molar-refractivity contribution in [1.29, 1.82) is 0 Å². The topological polar surface area (TPSA) is 29.9 Å². The van der Waals surface area contributed by atoms with Gasteiger partial charge in [-0.1, -0.05) is 42.5 Å². The maximum atomic E-state index is 4.34. The maximum Gasteiger partial charge on any atom is 0.115 e. The Morgan fingerprint density at radius 1 is 0.944 bits per heavy atom. The Morgan fingerprint density at radius 3 is 2.61 bits per heavy atom. The molecule has 0 saturated carbocycles. The second-order valence-electron chi connectivity index (χ2n) is 4.25. The molecule has 2 aromatic carbocycles. The molecule has 1 aromatic heterocycles. The number of hydrogen-bond acceptors (Lipinski definition) is 2. The number of imidazole rings is 1. The first kappa shape index (κ1) is 10.8. The molecule has 3 heteroatoms. The van der Waals surface area contributed by atoms with Gasteiger partial charge in [-0.25, -0.2) is 9.66 Å².